The number of hydrogen-bond donors (Lipinski definition) is 0. The second-order valence-corrected chi connectivity index (χ2v) is 24.1. The third-order valence-electron chi connectivity index (χ3n) is 17.6. The molecule has 0 amide bonds. The number of fused-ring (bicyclic) bond motifs is 5. The fourth-order valence-electron chi connectivity index (χ4n) is 12.3. The maximum Gasteiger partial charge on any atom is 0.336 e. The summed E-state index contributed by atoms with van der Waals surface area (Å²) in [5.41, 5.74) is 7.26. The molecule has 0 spiro atoms. The van der Waals surface area contributed by atoms with E-state index < -0.39 is 22.5 Å². The van der Waals surface area contributed by atoms with Crippen LogP contribution in [0.25, 0.3) is 134 Å². The molecule has 8 aromatic heterocycles. The zero-order valence-corrected chi connectivity index (χ0v) is 59.6. The van der Waals surface area contributed by atoms with Crippen molar-refractivity contribution in [1.29, 1.82) is 0 Å². The van der Waals surface area contributed by atoms with Crippen molar-refractivity contribution in [3.63, 3.8) is 0 Å². The Balaban J connectivity index is 0.000000121. The molecule has 0 radical (unpaired) electrons. The van der Waals surface area contributed by atoms with Crippen molar-refractivity contribution in [2.24, 2.45) is 0 Å². The molecule has 108 heavy (non-hydrogen) atoms. The topological polar surface area (TPSA) is 266 Å². The molecule has 8 aromatic carbocycles. The molecule has 22 heteroatoms. The van der Waals surface area contributed by atoms with Crippen LogP contribution in [0.5, 0.6) is 57.5 Å². The molecule has 1 aliphatic heterocycles. The fraction of sp³-hybridized carbons (Fsp3) is 0.116. The lowest BCUT2D eigenvalue weighted by Gasteiger charge is -2.13. The first-order valence-corrected chi connectivity index (χ1v) is 33.4. The van der Waals surface area contributed by atoms with Gasteiger partial charge in [0.1, 0.15) is 97.2 Å². The standard InChI is InChI=1S/C23H20O7.C21H14O6.C21H16O5.C21H16O4/c1-25-14-5-6-15-16(12-22(24)30-19(15)11-14)18-8-7-17(29-18)13-9-20(26-2)23(28-4)21(10-13)27-3;1-23-13-3-4-14-15(10-21(22)27-19(14)9-13)17-7-6-16(26-17)12-2-5-18-20(8-12)25-11-24-18;1-23-13-7-8-14-16(12-21(22)26-20(14)11-13)19-10-9-18(25-19)15-5-3-4-6-17(15)24-2;1-13-3-5-14(6-4-13)18-9-10-19(24-18)17-12-21(22)25-20-11-15(23-2)7-8-16(17)20/h5-12H,1-4H3;2-10H,11H2,1H3;3-12H,1-2H3;3-12H,1-2H3. The van der Waals surface area contributed by atoms with Crippen LogP contribution in [0.15, 0.2) is 279 Å². The lowest BCUT2D eigenvalue weighted by atomic mass is 10.1. The lowest BCUT2D eigenvalue weighted by Crippen LogP contribution is -1.98. The first-order chi connectivity index (χ1) is 52.6. The van der Waals surface area contributed by atoms with Gasteiger partial charge in [-0.05, 0) is 146 Å². The summed E-state index contributed by atoms with van der Waals surface area (Å²) in [6.45, 7) is 2.26. The van der Waals surface area contributed by atoms with E-state index in [1.54, 1.807) is 105 Å². The zero-order valence-electron chi connectivity index (χ0n) is 59.6. The summed E-state index contributed by atoms with van der Waals surface area (Å²) in [4.78, 5) is 48.0. The van der Waals surface area contributed by atoms with E-state index in [1.165, 1.54) is 29.8 Å². The molecule has 0 atom stereocenters. The fourth-order valence-corrected chi connectivity index (χ4v) is 12.3. The number of para-hydroxylation sites is 1. The summed E-state index contributed by atoms with van der Waals surface area (Å²) >= 11 is 0. The largest absolute Gasteiger partial charge is 0.497 e. The van der Waals surface area contributed by atoms with Crippen molar-refractivity contribution in [1.82, 2.24) is 0 Å². The van der Waals surface area contributed by atoms with Crippen LogP contribution in [-0.2, 0) is 0 Å². The van der Waals surface area contributed by atoms with Gasteiger partial charge < -0.3 is 82.7 Å². The molecule has 16 aromatic rings. The van der Waals surface area contributed by atoms with Crippen LogP contribution in [0, 0.1) is 6.92 Å². The molecule has 0 N–H and O–H groups in total. The van der Waals surface area contributed by atoms with Gasteiger partial charge in [-0.3, -0.25) is 0 Å². The maximum absolute atomic E-state index is 12.1. The van der Waals surface area contributed by atoms with Crippen molar-refractivity contribution in [3.05, 3.63) is 272 Å². The molecule has 0 fully saturated rings. The number of furan rings is 4. The van der Waals surface area contributed by atoms with Gasteiger partial charge in [-0.25, -0.2) is 19.2 Å². The van der Waals surface area contributed by atoms with Crippen LogP contribution in [0.3, 0.4) is 0 Å². The third kappa shape index (κ3) is 14.8. The first kappa shape index (κ1) is 70.7. The van der Waals surface area contributed by atoms with E-state index in [0.717, 1.165) is 55.3 Å². The Morgan fingerprint density at radius 2 is 0.602 bits per heavy atom. The minimum absolute atomic E-state index is 0.220. The number of hydrogen-bond acceptors (Lipinski definition) is 22. The first-order valence-electron chi connectivity index (χ1n) is 33.4. The van der Waals surface area contributed by atoms with Gasteiger partial charge >= 0.3 is 22.5 Å². The van der Waals surface area contributed by atoms with E-state index in [-0.39, 0.29) is 6.79 Å². The van der Waals surface area contributed by atoms with Gasteiger partial charge in [0, 0.05) is 109 Å². The van der Waals surface area contributed by atoms with Gasteiger partial charge in [-0.2, -0.15) is 0 Å². The van der Waals surface area contributed by atoms with Crippen molar-refractivity contribution in [2.75, 3.05) is 63.7 Å². The number of methoxy groups -OCH3 is 8. The summed E-state index contributed by atoms with van der Waals surface area (Å²) < 4.78 is 98.5. The zero-order chi connectivity index (χ0) is 75.1. The average molecular weight is 1450 g/mol. The Morgan fingerprint density at radius 3 is 0.991 bits per heavy atom. The second kappa shape index (κ2) is 31.0. The van der Waals surface area contributed by atoms with Crippen molar-refractivity contribution in [3.8, 4) is 148 Å². The summed E-state index contributed by atoms with van der Waals surface area (Å²) in [6.07, 6.45) is 0. The monoisotopic (exact) mass is 1450 g/mol. The Bertz CT molecular complexity index is 6210. The minimum Gasteiger partial charge on any atom is -0.497 e. The summed E-state index contributed by atoms with van der Waals surface area (Å²) in [5, 5.41) is 3.07. The van der Waals surface area contributed by atoms with Crippen LogP contribution in [0.4, 0.5) is 0 Å². The summed E-state index contributed by atoms with van der Waals surface area (Å²) in [6, 6.07) is 66.8. The van der Waals surface area contributed by atoms with Crippen LogP contribution in [0.1, 0.15) is 5.56 Å². The molecule has 22 nitrogen and oxygen atoms in total. The molecule has 9 heterocycles. The Morgan fingerprint density at radius 1 is 0.259 bits per heavy atom. The third-order valence-corrected chi connectivity index (χ3v) is 17.6. The molecule has 0 unspecified atom stereocenters. The van der Waals surface area contributed by atoms with Gasteiger partial charge in [0.15, 0.2) is 23.0 Å². The molecule has 0 saturated heterocycles. The molecule has 0 saturated carbocycles. The molecule has 0 bridgehead atoms. The van der Waals surface area contributed by atoms with Crippen molar-refractivity contribution < 1.29 is 82.7 Å². The highest BCUT2D eigenvalue weighted by Crippen LogP contribution is 2.45. The lowest BCUT2D eigenvalue weighted by molar-refractivity contribution is 0.174. The Kier molecular flexibility index (Phi) is 20.3. The number of aryl methyl sites for hydroxylation is 1. The second-order valence-electron chi connectivity index (χ2n) is 24.1. The van der Waals surface area contributed by atoms with E-state index in [4.69, 9.17) is 82.7 Å². The van der Waals surface area contributed by atoms with Gasteiger partial charge in [0.2, 0.25) is 12.5 Å². The SMILES string of the molecule is COc1ccc2c(-c3ccc(-c4cc(OC)c(OC)c(OC)c4)o3)cc(=O)oc2c1.COc1ccc2c(-c3ccc(-c4ccc(C)cc4)o3)cc(=O)oc2c1.COc1ccc2c(-c3ccc(-c4ccc5c(c4)OCO5)o3)cc(=O)oc2c1.COc1ccc2c(-c3ccc(-c4ccccc4OC)o3)cc(=O)oc2c1. The summed E-state index contributed by atoms with van der Waals surface area (Å²) in [7, 11) is 12.5. The quantitative estimate of drug-likeness (QED) is 0.0813. The smallest absolute Gasteiger partial charge is 0.336 e. The highest BCUT2D eigenvalue weighted by Gasteiger charge is 2.22. The van der Waals surface area contributed by atoms with E-state index >= 15 is 0 Å². The average Bonchev–Trinajstić information content (AvgIpc) is 1.46. The molecular formula is C86H66O22. The Labute approximate surface area is 614 Å². The van der Waals surface area contributed by atoms with Gasteiger partial charge in [0.25, 0.3) is 0 Å². The highest BCUT2D eigenvalue weighted by atomic mass is 16.7. The van der Waals surface area contributed by atoms with Crippen LogP contribution in [0.2, 0.25) is 0 Å². The molecular weight excluding hydrogens is 1380 g/mol. The van der Waals surface area contributed by atoms with Gasteiger partial charge in [-0.15, -0.1) is 0 Å². The predicted molar refractivity (Wildman–Crippen MR) is 406 cm³/mol. The van der Waals surface area contributed by atoms with Crippen molar-refractivity contribution in [2.45, 2.75) is 6.92 Å². The molecule has 542 valence electrons. The number of benzene rings is 8. The Hall–Kier alpha value is -14.3. The van der Waals surface area contributed by atoms with Crippen molar-refractivity contribution >= 4 is 43.9 Å². The molecule has 0 aliphatic carbocycles. The van der Waals surface area contributed by atoms with E-state index in [1.807, 2.05) is 159 Å². The van der Waals surface area contributed by atoms with E-state index in [2.05, 4.69) is 0 Å². The predicted octanol–water partition coefficient (Wildman–Crippen LogP) is 19.0. The molecule has 1 aliphatic rings. The maximum atomic E-state index is 12.1. The van der Waals surface area contributed by atoms with E-state index in [0.29, 0.717) is 137 Å². The normalized spacial score (nSPS) is 11.3. The molecule has 17 rings (SSSR count). The number of ether oxygens (including phenoxy) is 10. The van der Waals surface area contributed by atoms with E-state index in [9.17, 15) is 19.2 Å². The van der Waals surface area contributed by atoms with Gasteiger partial charge in [0.05, 0.1) is 62.4 Å². The number of rotatable bonds is 16. The summed E-state index contributed by atoms with van der Waals surface area (Å²) in [5.74, 6) is 11.1. The van der Waals surface area contributed by atoms with Crippen LogP contribution >= 0.6 is 0 Å². The van der Waals surface area contributed by atoms with Gasteiger partial charge in [-0.1, -0.05) is 42.0 Å². The highest BCUT2D eigenvalue weighted by molar-refractivity contribution is 5.96. The van der Waals surface area contributed by atoms with Crippen LogP contribution < -0.4 is 69.9 Å². The minimum atomic E-state index is -0.475. The van der Waals surface area contributed by atoms with Crippen LogP contribution in [-0.4, -0.2) is 63.7 Å².